The number of nitrogens with one attached hydrogen (secondary N) is 1. The van der Waals surface area contributed by atoms with Crippen molar-refractivity contribution >= 4 is 33.2 Å². The van der Waals surface area contributed by atoms with E-state index in [9.17, 15) is 14.9 Å². The normalized spacial score (nSPS) is 10.1. The molecule has 0 aliphatic heterocycles. The van der Waals surface area contributed by atoms with Crippen molar-refractivity contribution in [2.75, 3.05) is 12.4 Å². The molecule has 0 fully saturated rings. The van der Waals surface area contributed by atoms with Gasteiger partial charge in [-0.3, -0.25) is 14.9 Å². The largest absolute Gasteiger partial charge is 0.497 e. The topological polar surface area (TPSA) is 81.5 Å². The molecular weight excluding hydrogens is 352 g/mol. The van der Waals surface area contributed by atoms with Gasteiger partial charge < -0.3 is 10.1 Å². The van der Waals surface area contributed by atoms with Gasteiger partial charge >= 0.3 is 0 Å². The van der Waals surface area contributed by atoms with E-state index >= 15 is 0 Å². The van der Waals surface area contributed by atoms with Crippen LogP contribution >= 0.6 is 15.9 Å². The average molecular weight is 365 g/mol. The summed E-state index contributed by atoms with van der Waals surface area (Å²) in [6, 6.07) is 9.56. The van der Waals surface area contributed by atoms with Crippen molar-refractivity contribution < 1.29 is 14.5 Å². The SMILES string of the molecule is COc1ccc(Br)c(C(=O)Nc2cccc([N+](=O)[O-])c2C)c1. The predicted octanol–water partition coefficient (Wildman–Crippen LogP) is 3.93. The molecule has 0 atom stereocenters. The number of anilines is 1. The number of nitro groups is 1. The number of hydrogen-bond acceptors (Lipinski definition) is 4. The van der Waals surface area contributed by atoms with Crippen molar-refractivity contribution in [1.29, 1.82) is 0 Å². The summed E-state index contributed by atoms with van der Waals surface area (Å²) in [5.74, 6) is 0.165. The third-order valence-electron chi connectivity index (χ3n) is 3.17. The van der Waals surface area contributed by atoms with Gasteiger partial charge in [-0.2, -0.15) is 0 Å². The minimum Gasteiger partial charge on any atom is -0.497 e. The van der Waals surface area contributed by atoms with Gasteiger partial charge in [0.05, 0.1) is 28.8 Å². The molecule has 2 rings (SSSR count). The van der Waals surface area contributed by atoms with Crippen LogP contribution < -0.4 is 10.1 Å². The Morgan fingerprint density at radius 3 is 2.68 bits per heavy atom. The van der Waals surface area contributed by atoms with Crippen LogP contribution in [0.15, 0.2) is 40.9 Å². The standard InChI is InChI=1S/C15H13BrN2O4/c1-9-13(4-3-5-14(9)18(20)21)17-15(19)11-8-10(22-2)6-7-12(11)16/h3-8H,1-2H3,(H,17,19). The Hall–Kier alpha value is -2.41. The molecule has 0 bridgehead atoms. The number of benzene rings is 2. The van der Waals surface area contributed by atoms with Crippen LogP contribution in [0.5, 0.6) is 5.75 Å². The molecule has 2 aromatic carbocycles. The molecule has 114 valence electrons. The van der Waals surface area contributed by atoms with E-state index < -0.39 is 4.92 Å². The molecule has 7 heteroatoms. The number of nitro benzene ring substituents is 1. The summed E-state index contributed by atoms with van der Waals surface area (Å²) in [5, 5.41) is 13.6. The third-order valence-corrected chi connectivity index (χ3v) is 3.86. The van der Waals surface area contributed by atoms with Gasteiger partial charge in [0.15, 0.2) is 0 Å². The molecule has 0 aromatic heterocycles. The van der Waals surface area contributed by atoms with E-state index in [0.717, 1.165) is 0 Å². The second kappa shape index (κ2) is 6.57. The molecule has 0 heterocycles. The molecular formula is C15H13BrN2O4. The average Bonchev–Trinajstić information content (AvgIpc) is 2.49. The summed E-state index contributed by atoms with van der Waals surface area (Å²) < 4.78 is 5.70. The zero-order chi connectivity index (χ0) is 16.3. The molecule has 0 saturated heterocycles. The fraction of sp³-hybridized carbons (Fsp3) is 0.133. The fourth-order valence-electron chi connectivity index (χ4n) is 1.95. The monoisotopic (exact) mass is 364 g/mol. The van der Waals surface area contributed by atoms with Crippen LogP contribution in [0.1, 0.15) is 15.9 Å². The number of nitrogens with zero attached hydrogens (tertiary/aromatic N) is 1. The zero-order valence-electron chi connectivity index (χ0n) is 11.9. The molecule has 0 aliphatic carbocycles. The van der Waals surface area contributed by atoms with E-state index in [1.165, 1.54) is 19.2 Å². The number of carbonyl (C=O) groups excluding carboxylic acids is 1. The lowest BCUT2D eigenvalue weighted by molar-refractivity contribution is -0.385. The minimum atomic E-state index is -0.480. The van der Waals surface area contributed by atoms with Gasteiger partial charge in [-0.15, -0.1) is 0 Å². The van der Waals surface area contributed by atoms with Crippen molar-refractivity contribution in [3.63, 3.8) is 0 Å². The lowest BCUT2D eigenvalue weighted by Gasteiger charge is -2.10. The van der Waals surface area contributed by atoms with Crippen LogP contribution in [0, 0.1) is 17.0 Å². The van der Waals surface area contributed by atoms with Crippen LogP contribution in [-0.4, -0.2) is 17.9 Å². The molecule has 0 unspecified atom stereocenters. The maximum absolute atomic E-state index is 12.4. The Morgan fingerprint density at radius 2 is 2.05 bits per heavy atom. The van der Waals surface area contributed by atoms with E-state index in [1.54, 1.807) is 31.2 Å². The smallest absolute Gasteiger partial charge is 0.274 e. The second-order valence-corrected chi connectivity index (χ2v) is 5.36. The van der Waals surface area contributed by atoms with Crippen molar-refractivity contribution in [2.45, 2.75) is 6.92 Å². The number of rotatable bonds is 4. The number of amides is 1. The van der Waals surface area contributed by atoms with E-state index in [-0.39, 0.29) is 11.6 Å². The minimum absolute atomic E-state index is 0.0393. The van der Waals surface area contributed by atoms with Crippen LogP contribution in [0.3, 0.4) is 0 Å². The number of methoxy groups -OCH3 is 1. The maximum Gasteiger partial charge on any atom is 0.274 e. The number of hydrogen-bond donors (Lipinski definition) is 1. The Kier molecular flexibility index (Phi) is 4.77. The summed E-state index contributed by atoms with van der Waals surface area (Å²) in [6.07, 6.45) is 0. The Bertz CT molecular complexity index is 746. The molecule has 22 heavy (non-hydrogen) atoms. The number of carbonyl (C=O) groups is 1. The molecule has 6 nitrogen and oxygen atoms in total. The highest BCUT2D eigenvalue weighted by molar-refractivity contribution is 9.10. The van der Waals surface area contributed by atoms with Gasteiger partial charge in [0.25, 0.3) is 11.6 Å². The van der Waals surface area contributed by atoms with E-state index in [0.29, 0.717) is 27.0 Å². The summed E-state index contributed by atoms with van der Waals surface area (Å²) in [5.41, 5.74) is 1.14. The summed E-state index contributed by atoms with van der Waals surface area (Å²) in [6.45, 7) is 1.59. The van der Waals surface area contributed by atoms with Crippen LogP contribution in [0.2, 0.25) is 0 Å². The first-order chi connectivity index (χ1) is 10.4. The van der Waals surface area contributed by atoms with Crippen molar-refractivity contribution in [3.8, 4) is 5.75 Å². The van der Waals surface area contributed by atoms with Crippen molar-refractivity contribution in [1.82, 2.24) is 0 Å². The molecule has 1 N–H and O–H groups in total. The van der Waals surface area contributed by atoms with Gasteiger partial charge in [0, 0.05) is 10.5 Å². The Morgan fingerprint density at radius 1 is 1.32 bits per heavy atom. The highest BCUT2D eigenvalue weighted by Crippen LogP contribution is 2.27. The van der Waals surface area contributed by atoms with Gasteiger partial charge in [0.2, 0.25) is 0 Å². The highest BCUT2D eigenvalue weighted by Gasteiger charge is 2.17. The van der Waals surface area contributed by atoms with Crippen LogP contribution in [0.4, 0.5) is 11.4 Å². The summed E-state index contributed by atoms with van der Waals surface area (Å²) >= 11 is 3.31. The van der Waals surface area contributed by atoms with Crippen molar-refractivity contribution in [3.05, 3.63) is 62.1 Å². The first-order valence-electron chi connectivity index (χ1n) is 6.33. The first kappa shape index (κ1) is 16.0. The fourth-order valence-corrected chi connectivity index (χ4v) is 2.38. The van der Waals surface area contributed by atoms with Crippen molar-refractivity contribution in [2.24, 2.45) is 0 Å². The quantitative estimate of drug-likeness (QED) is 0.658. The summed E-state index contributed by atoms with van der Waals surface area (Å²) in [7, 11) is 1.51. The van der Waals surface area contributed by atoms with E-state index in [4.69, 9.17) is 4.74 Å². The highest BCUT2D eigenvalue weighted by atomic mass is 79.9. The molecule has 1 amide bonds. The summed E-state index contributed by atoms with van der Waals surface area (Å²) in [4.78, 5) is 22.8. The Labute approximate surface area is 135 Å². The number of ether oxygens (including phenoxy) is 1. The molecule has 0 spiro atoms. The maximum atomic E-state index is 12.4. The molecule has 2 aromatic rings. The third kappa shape index (κ3) is 3.25. The number of halogens is 1. The van der Waals surface area contributed by atoms with E-state index in [1.807, 2.05) is 0 Å². The molecule has 0 radical (unpaired) electrons. The zero-order valence-corrected chi connectivity index (χ0v) is 13.5. The first-order valence-corrected chi connectivity index (χ1v) is 7.12. The van der Waals surface area contributed by atoms with E-state index in [2.05, 4.69) is 21.2 Å². The molecule has 0 aliphatic rings. The van der Waals surface area contributed by atoms with Gasteiger partial charge in [-0.05, 0) is 47.1 Å². The van der Waals surface area contributed by atoms with Gasteiger partial charge in [0.1, 0.15) is 5.75 Å². The van der Waals surface area contributed by atoms with Crippen LogP contribution in [-0.2, 0) is 0 Å². The molecule has 0 saturated carbocycles. The van der Waals surface area contributed by atoms with Crippen LogP contribution in [0.25, 0.3) is 0 Å². The predicted molar refractivity (Wildman–Crippen MR) is 86.5 cm³/mol. The lowest BCUT2D eigenvalue weighted by Crippen LogP contribution is -2.14. The second-order valence-electron chi connectivity index (χ2n) is 4.51. The van der Waals surface area contributed by atoms with Gasteiger partial charge in [-0.25, -0.2) is 0 Å². The van der Waals surface area contributed by atoms with Gasteiger partial charge in [-0.1, -0.05) is 6.07 Å². The Balaban J connectivity index is 2.34. The lowest BCUT2D eigenvalue weighted by atomic mass is 10.1.